The molecule has 118 valence electrons. The second-order valence-electron chi connectivity index (χ2n) is 5.36. The summed E-state index contributed by atoms with van der Waals surface area (Å²) < 4.78 is 9.84. The third-order valence-corrected chi connectivity index (χ3v) is 3.83. The van der Waals surface area contributed by atoms with Crippen LogP contribution in [0.1, 0.15) is 30.1 Å². The maximum absolute atomic E-state index is 5.48. The lowest BCUT2D eigenvalue weighted by Crippen LogP contribution is -2.07. The molecule has 3 aromatic heterocycles. The Morgan fingerprint density at radius 1 is 1.17 bits per heavy atom. The van der Waals surface area contributed by atoms with Crippen molar-refractivity contribution in [2.75, 3.05) is 0 Å². The van der Waals surface area contributed by atoms with Gasteiger partial charge in [-0.1, -0.05) is 6.07 Å². The summed E-state index contributed by atoms with van der Waals surface area (Å²) in [5.41, 5.74) is 2.81. The van der Waals surface area contributed by atoms with Crippen molar-refractivity contribution in [3.05, 3.63) is 47.0 Å². The highest BCUT2D eigenvalue weighted by atomic mass is 32.1. The first-order valence-electron chi connectivity index (χ1n) is 7.34. The second-order valence-corrected chi connectivity index (χ2v) is 6.20. The smallest absolute Gasteiger partial charge is 0.232 e. The van der Waals surface area contributed by atoms with E-state index in [-0.39, 0.29) is 6.10 Å². The first kappa shape index (κ1) is 15.5. The van der Waals surface area contributed by atoms with Crippen molar-refractivity contribution >= 4 is 11.5 Å². The monoisotopic (exact) mass is 327 g/mol. The highest BCUT2D eigenvalue weighted by Gasteiger charge is 2.11. The summed E-state index contributed by atoms with van der Waals surface area (Å²) in [6, 6.07) is 3.98. The van der Waals surface area contributed by atoms with Crippen LogP contribution in [-0.4, -0.2) is 30.4 Å². The van der Waals surface area contributed by atoms with E-state index in [0.29, 0.717) is 23.8 Å². The summed E-state index contributed by atoms with van der Waals surface area (Å²) in [5.74, 6) is 1.09. The Morgan fingerprint density at radius 3 is 2.74 bits per heavy atom. The van der Waals surface area contributed by atoms with Gasteiger partial charge in [-0.05, 0) is 43.9 Å². The van der Waals surface area contributed by atoms with Gasteiger partial charge in [0.15, 0.2) is 5.82 Å². The van der Waals surface area contributed by atoms with E-state index in [1.807, 2.05) is 32.9 Å². The van der Waals surface area contributed by atoms with Gasteiger partial charge in [0.2, 0.25) is 5.88 Å². The molecule has 0 unspecified atom stereocenters. The average Bonchev–Trinajstić information content (AvgIpc) is 2.98. The molecule has 0 radical (unpaired) electrons. The largest absolute Gasteiger partial charge is 0.474 e. The summed E-state index contributed by atoms with van der Waals surface area (Å²) >= 11 is 1.36. The van der Waals surface area contributed by atoms with Crippen molar-refractivity contribution in [2.45, 2.75) is 33.3 Å². The zero-order chi connectivity index (χ0) is 16.2. The number of hydrogen-bond donors (Lipinski definition) is 0. The first-order valence-corrected chi connectivity index (χ1v) is 8.11. The molecule has 3 rings (SSSR count). The second kappa shape index (κ2) is 6.78. The topological polar surface area (TPSA) is 73.7 Å². The van der Waals surface area contributed by atoms with E-state index in [2.05, 4.69) is 24.3 Å². The highest BCUT2D eigenvalue weighted by Crippen LogP contribution is 2.19. The molecule has 0 saturated carbocycles. The Bertz CT molecular complexity index is 785. The molecule has 0 aliphatic rings. The van der Waals surface area contributed by atoms with Crippen LogP contribution in [0.3, 0.4) is 0 Å². The molecule has 0 amide bonds. The molecular weight excluding hydrogens is 310 g/mol. The van der Waals surface area contributed by atoms with E-state index >= 15 is 0 Å². The van der Waals surface area contributed by atoms with Crippen LogP contribution in [0.2, 0.25) is 0 Å². The Balaban J connectivity index is 1.75. The Morgan fingerprint density at radius 2 is 2.04 bits per heavy atom. The molecule has 0 aliphatic carbocycles. The van der Waals surface area contributed by atoms with Crippen molar-refractivity contribution in [1.82, 2.24) is 24.3 Å². The number of aromatic nitrogens is 5. The Hall–Kier alpha value is -2.41. The van der Waals surface area contributed by atoms with Crippen LogP contribution in [-0.2, 0) is 6.42 Å². The summed E-state index contributed by atoms with van der Waals surface area (Å²) in [6.45, 7) is 5.94. The van der Waals surface area contributed by atoms with Crippen LogP contribution in [0, 0.1) is 6.92 Å². The fraction of sp³-hybridized carbons (Fsp3) is 0.312. The SMILES string of the molecule is Cc1cccnc1Cc1nc(-c2cnc(OC(C)C)cn2)ns1. The van der Waals surface area contributed by atoms with Gasteiger partial charge in [-0.25, -0.2) is 15.0 Å². The van der Waals surface area contributed by atoms with Gasteiger partial charge >= 0.3 is 0 Å². The lowest BCUT2D eigenvalue weighted by atomic mass is 10.2. The van der Waals surface area contributed by atoms with E-state index < -0.39 is 0 Å². The molecule has 0 fully saturated rings. The van der Waals surface area contributed by atoms with Crippen molar-refractivity contribution in [2.24, 2.45) is 0 Å². The minimum Gasteiger partial charge on any atom is -0.474 e. The minimum absolute atomic E-state index is 0.0702. The van der Waals surface area contributed by atoms with Crippen LogP contribution in [0.25, 0.3) is 11.5 Å². The van der Waals surface area contributed by atoms with Gasteiger partial charge in [-0.3, -0.25) is 4.98 Å². The van der Waals surface area contributed by atoms with E-state index in [1.165, 1.54) is 11.5 Å². The van der Waals surface area contributed by atoms with E-state index in [1.54, 1.807) is 18.6 Å². The molecule has 0 atom stereocenters. The van der Waals surface area contributed by atoms with Crippen molar-refractivity contribution in [3.8, 4) is 17.4 Å². The zero-order valence-electron chi connectivity index (χ0n) is 13.2. The van der Waals surface area contributed by atoms with Gasteiger partial charge in [0.1, 0.15) is 10.7 Å². The zero-order valence-corrected chi connectivity index (χ0v) is 14.0. The molecule has 7 heteroatoms. The number of aryl methyl sites for hydroxylation is 1. The van der Waals surface area contributed by atoms with Crippen LogP contribution in [0.15, 0.2) is 30.7 Å². The van der Waals surface area contributed by atoms with E-state index in [4.69, 9.17) is 4.74 Å². The number of pyridine rings is 1. The van der Waals surface area contributed by atoms with Crippen LogP contribution in [0.4, 0.5) is 0 Å². The lowest BCUT2D eigenvalue weighted by molar-refractivity contribution is 0.231. The van der Waals surface area contributed by atoms with Crippen molar-refractivity contribution in [1.29, 1.82) is 0 Å². The first-order chi connectivity index (χ1) is 11.1. The predicted molar refractivity (Wildman–Crippen MR) is 88.5 cm³/mol. The molecule has 0 spiro atoms. The summed E-state index contributed by atoms with van der Waals surface area (Å²) in [7, 11) is 0. The third kappa shape index (κ3) is 3.87. The normalized spacial score (nSPS) is 11.0. The fourth-order valence-electron chi connectivity index (χ4n) is 2.01. The van der Waals surface area contributed by atoms with Crippen molar-refractivity contribution < 1.29 is 4.74 Å². The summed E-state index contributed by atoms with van der Waals surface area (Å²) in [4.78, 5) is 17.5. The molecule has 0 saturated heterocycles. The van der Waals surface area contributed by atoms with Gasteiger partial charge in [-0.2, -0.15) is 4.37 Å². The number of ether oxygens (including phenoxy) is 1. The molecular formula is C16H17N5OS. The molecule has 0 N–H and O–H groups in total. The lowest BCUT2D eigenvalue weighted by Gasteiger charge is -2.07. The van der Waals surface area contributed by atoms with E-state index in [9.17, 15) is 0 Å². The molecule has 0 aromatic carbocycles. The van der Waals surface area contributed by atoms with Gasteiger partial charge < -0.3 is 4.74 Å². The van der Waals surface area contributed by atoms with Gasteiger partial charge in [0.25, 0.3) is 0 Å². The quantitative estimate of drug-likeness (QED) is 0.717. The molecule has 3 heterocycles. The number of hydrogen-bond acceptors (Lipinski definition) is 7. The van der Waals surface area contributed by atoms with Crippen molar-refractivity contribution in [3.63, 3.8) is 0 Å². The molecule has 23 heavy (non-hydrogen) atoms. The van der Waals surface area contributed by atoms with E-state index in [0.717, 1.165) is 16.3 Å². The van der Waals surface area contributed by atoms with Gasteiger partial charge in [0, 0.05) is 12.6 Å². The van der Waals surface area contributed by atoms with Crippen LogP contribution < -0.4 is 4.74 Å². The molecule has 3 aromatic rings. The highest BCUT2D eigenvalue weighted by molar-refractivity contribution is 7.05. The number of rotatable bonds is 5. The van der Waals surface area contributed by atoms with Crippen LogP contribution in [0.5, 0.6) is 5.88 Å². The minimum atomic E-state index is 0.0702. The van der Waals surface area contributed by atoms with Gasteiger partial charge in [-0.15, -0.1) is 0 Å². The van der Waals surface area contributed by atoms with Gasteiger partial charge in [0.05, 0.1) is 24.2 Å². The molecule has 0 bridgehead atoms. The number of nitrogens with zero attached hydrogens (tertiary/aromatic N) is 5. The Kier molecular flexibility index (Phi) is 4.57. The predicted octanol–water partition coefficient (Wildman–Crippen LogP) is 3.08. The maximum atomic E-state index is 5.48. The third-order valence-electron chi connectivity index (χ3n) is 3.12. The summed E-state index contributed by atoms with van der Waals surface area (Å²) in [6.07, 6.45) is 5.77. The Labute approximate surface area is 138 Å². The standard InChI is InChI=1S/C16H17N5OS/c1-10(2)22-14-9-18-13(8-19-14)16-20-15(23-21-16)7-12-11(3)5-4-6-17-12/h4-6,8-10H,7H2,1-3H3. The summed E-state index contributed by atoms with van der Waals surface area (Å²) in [5, 5.41) is 0.908. The molecule has 6 nitrogen and oxygen atoms in total. The molecule has 0 aliphatic heterocycles. The maximum Gasteiger partial charge on any atom is 0.232 e. The fourth-order valence-corrected chi connectivity index (χ4v) is 2.67. The van der Waals surface area contributed by atoms with Crippen LogP contribution >= 0.6 is 11.5 Å². The average molecular weight is 327 g/mol.